The molecule has 0 aromatic heterocycles. The van der Waals surface area contributed by atoms with Gasteiger partial charge in [0.05, 0.1) is 15.7 Å². The lowest BCUT2D eigenvalue weighted by Crippen LogP contribution is -2.49. The average Bonchev–Trinajstić information content (AvgIpc) is 2.55. The Hall–Kier alpha value is -1.71. The Labute approximate surface area is 146 Å². The van der Waals surface area contributed by atoms with Crippen LogP contribution >= 0.6 is 23.2 Å². The van der Waals surface area contributed by atoms with Gasteiger partial charge in [0, 0.05) is 31.7 Å². The number of amides is 1. The number of nitrogens with zero attached hydrogens (tertiary/aromatic N) is 2. The third-order valence-corrected chi connectivity index (χ3v) is 4.81. The number of aryl methyl sites for hydroxylation is 1. The molecular weight excluding hydrogens is 331 g/mol. The van der Waals surface area contributed by atoms with Crippen LogP contribution in [0, 0.1) is 6.92 Å². The van der Waals surface area contributed by atoms with E-state index in [4.69, 9.17) is 23.2 Å². The minimum Gasteiger partial charge on any atom is -0.366 e. The van der Waals surface area contributed by atoms with Crippen LogP contribution in [0.5, 0.6) is 0 Å². The maximum Gasteiger partial charge on any atom is 0.254 e. The van der Waals surface area contributed by atoms with Crippen LogP contribution in [0.3, 0.4) is 0 Å². The zero-order chi connectivity index (χ0) is 16.4. The normalized spacial score (nSPS) is 14.9. The van der Waals surface area contributed by atoms with Gasteiger partial charge in [-0.2, -0.15) is 0 Å². The number of carbonyl (C=O) groups excluding carboxylic acids is 1. The van der Waals surface area contributed by atoms with Crippen LogP contribution in [-0.4, -0.2) is 37.0 Å². The van der Waals surface area contributed by atoms with Gasteiger partial charge in [-0.1, -0.05) is 47.5 Å². The van der Waals surface area contributed by atoms with Crippen LogP contribution in [0.25, 0.3) is 0 Å². The van der Waals surface area contributed by atoms with E-state index in [1.54, 1.807) is 0 Å². The number of halogens is 2. The van der Waals surface area contributed by atoms with Crippen molar-refractivity contribution in [1.82, 2.24) is 4.90 Å². The highest BCUT2D eigenvalue weighted by Crippen LogP contribution is 2.34. The Kier molecular flexibility index (Phi) is 4.79. The zero-order valence-electron chi connectivity index (χ0n) is 12.9. The molecule has 2 aromatic rings. The van der Waals surface area contributed by atoms with E-state index in [0.717, 1.165) is 29.9 Å². The summed E-state index contributed by atoms with van der Waals surface area (Å²) in [5.41, 5.74) is 2.64. The van der Waals surface area contributed by atoms with Gasteiger partial charge < -0.3 is 9.80 Å². The smallest absolute Gasteiger partial charge is 0.254 e. The second kappa shape index (κ2) is 6.81. The molecule has 0 spiro atoms. The summed E-state index contributed by atoms with van der Waals surface area (Å²) in [4.78, 5) is 16.7. The fraction of sp³-hybridized carbons (Fsp3) is 0.278. The molecule has 0 N–H and O–H groups in total. The first kappa shape index (κ1) is 16.2. The second-order valence-electron chi connectivity index (χ2n) is 5.66. The number of carbonyl (C=O) groups is 1. The van der Waals surface area contributed by atoms with E-state index in [1.165, 1.54) is 0 Å². The quantitative estimate of drug-likeness (QED) is 0.809. The van der Waals surface area contributed by atoms with Crippen molar-refractivity contribution in [3.63, 3.8) is 0 Å². The Morgan fingerprint density at radius 3 is 2.13 bits per heavy atom. The van der Waals surface area contributed by atoms with Gasteiger partial charge in [0.15, 0.2) is 0 Å². The van der Waals surface area contributed by atoms with Crippen molar-refractivity contribution in [1.29, 1.82) is 0 Å². The molecular formula is C18H18Cl2N2O. The number of para-hydroxylation sites is 1. The lowest BCUT2D eigenvalue weighted by Gasteiger charge is -2.37. The van der Waals surface area contributed by atoms with Gasteiger partial charge in [-0.25, -0.2) is 0 Å². The first-order chi connectivity index (χ1) is 11.1. The van der Waals surface area contributed by atoms with E-state index in [0.29, 0.717) is 23.1 Å². The summed E-state index contributed by atoms with van der Waals surface area (Å²) in [7, 11) is 0. The maximum absolute atomic E-state index is 12.7. The number of anilines is 1. The molecule has 0 aliphatic carbocycles. The van der Waals surface area contributed by atoms with Crippen molar-refractivity contribution in [3.8, 4) is 0 Å². The van der Waals surface area contributed by atoms with E-state index in [9.17, 15) is 4.79 Å². The molecule has 23 heavy (non-hydrogen) atoms. The van der Waals surface area contributed by atoms with Gasteiger partial charge in [-0.15, -0.1) is 0 Å². The van der Waals surface area contributed by atoms with E-state index in [2.05, 4.69) is 4.90 Å². The predicted molar refractivity (Wildman–Crippen MR) is 95.8 cm³/mol. The Balaban J connectivity index is 1.72. The zero-order valence-corrected chi connectivity index (χ0v) is 14.4. The molecule has 1 amide bonds. The molecule has 2 aromatic carbocycles. The third kappa shape index (κ3) is 3.31. The Bertz CT molecular complexity index is 704. The molecule has 1 heterocycles. The van der Waals surface area contributed by atoms with Crippen LogP contribution in [0.2, 0.25) is 10.0 Å². The van der Waals surface area contributed by atoms with Gasteiger partial charge >= 0.3 is 0 Å². The van der Waals surface area contributed by atoms with Crippen LogP contribution in [0.1, 0.15) is 15.9 Å². The number of hydrogen-bond acceptors (Lipinski definition) is 2. The van der Waals surface area contributed by atoms with Crippen molar-refractivity contribution < 1.29 is 4.79 Å². The van der Waals surface area contributed by atoms with Crippen molar-refractivity contribution in [2.75, 3.05) is 31.1 Å². The molecule has 120 valence electrons. The Morgan fingerprint density at radius 1 is 0.913 bits per heavy atom. The highest BCUT2D eigenvalue weighted by atomic mass is 35.5. The summed E-state index contributed by atoms with van der Waals surface area (Å²) < 4.78 is 0. The number of hydrogen-bond donors (Lipinski definition) is 0. The van der Waals surface area contributed by atoms with E-state index >= 15 is 0 Å². The van der Waals surface area contributed by atoms with Crippen molar-refractivity contribution in [3.05, 3.63) is 63.6 Å². The lowest BCUT2D eigenvalue weighted by atomic mass is 10.1. The predicted octanol–water partition coefficient (Wildman–Crippen LogP) is 4.26. The molecule has 0 atom stereocenters. The summed E-state index contributed by atoms with van der Waals surface area (Å²) in [5, 5.41) is 1.30. The number of piperazine rings is 1. The minimum atomic E-state index is 0.0907. The molecule has 0 radical (unpaired) electrons. The molecule has 3 nitrogen and oxygen atoms in total. The lowest BCUT2D eigenvalue weighted by molar-refractivity contribution is 0.0746. The topological polar surface area (TPSA) is 23.6 Å². The van der Waals surface area contributed by atoms with Crippen LogP contribution in [-0.2, 0) is 0 Å². The first-order valence-corrected chi connectivity index (χ1v) is 8.37. The molecule has 1 fully saturated rings. The summed E-state index contributed by atoms with van der Waals surface area (Å²) in [5.74, 6) is 0.0907. The van der Waals surface area contributed by atoms with Crippen molar-refractivity contribution >= 4 is 34.8 Å². The van der Waals surface area contributed by atoms with E-state index < -0.39 is 0 Å². The molecule has 3 rings (SSSR count). The molecule has 0 saturated carbocycles. The molecule has 1 saturated heterocycles. The van der Waals surface area contributed by atoms with Gasteiger partial charge in [0.2, 0.25) is 0 Å². The highest BCUT2D eigenvalue weighted by Gasteiger charge is 2.25. The number of benzene rings is 2. The van der Waals surface area contributed by atoms with Crippen molar-refractivity contribution in [2.45, 2.75) is 6.92 Å². The fourth-order valence-corrected chi connectivity index (χ4v) is 3.54. The van der Waals surface area contributed by atoms with Crippen molar-refractivity contribution in [2.24, 2.45) is 0 Å². The van der Waals surface area contributed by atoms with Gasteiger partial charge in [0.1, 0.15) is 0 Å². The summed E-state index contributed by atoms with van der Waals surface area (Å²) in [6.07, 6.45) is 0. The molecule has 1 aliphatic heterocycles. The number of rotatable bonds is 2. The summed E-state index contributed by atoms with van der Waals surface area (Å²) in [6.45, 7) is 4.73. The standard InChI is InChI=1S/C18H18Cl2N2O/c1-13-5-2-3-6-14(13)18(23)22-11-9-21(10-12-22)17-15(19)7-4-8-16(17)20/h2-8H,9-12H2,1H3. The van der Waals surface area contributed by atoms with Crippen LogP contribution < -0.4 is 4.90 Å². The first-order valence-electron chi connectivity index (χ1n) is 7.62. The van der Waals surface area contributed by atoms with E-state index in [-0.39, 0.29) is 5.91 Å². The highest BCUT2D eigenvalue weighted by molar-refractivity contribution is 6.39. The average molecular weight is 349 g/mol. The van der Waals surface area contributed by atoms with E-state index in [1.807, 2.05) is 54.3 Å². The SMILES string of the molecule is Cc1ccccc1C(=O)N1CCN(c2c(Cl)cccc2Cl)CC1. The summed E-state index contributed by atoms with van der Waals surface area (Å²) in [6, 6.07) is 13.2. The minimum absolute atomic E-state index is 0.0907. The molecule has 0 bridgehead atoms. The Morgan fingerprint density at radius 2 is 1.52 bits per heavy atom. The largest absolute Gasteiger partial charge is 0.366 e. The van der Waals surface area contributed by atoms with Gasteiger partial charge in [0.25, 0.3) is 5.91 Å². The van der Waals surface area contributed by atoms with Crippen LogP contribution in [0.4, 0.5) is 5.69 Å². The molecule has 1 aliphatic rings. The van der Waals surface area contributed by atoms with Gasteiger partial charge in [-0.05, 0) is 30.7 Å². The monoisotopic (exact) mass is 348 g/mol. The van der Waals surface area contributed by atoms with Gasteiger partial charge in [-0.3, -0.25) is 4.79 Å². The third-order valence-electron chi connectivity index (χ3n) is 4.20. The van der Waals surface area contributed by atoms with Crippen LogP contribution in [0.15, 0.2) is 42.5 Å². The fourth-order valence-electron chi connectivity index (χ4n) is 2.91. The maximum atomic E-state index is 12.7. The summed E-state index contributed by atoms with van der Waals surface area (Å²) >= 11 is 12.5. The second-order valence-corrected chi connectivity index (χ2v) is 6.48. The molecule has 5 heteroatoms. The molecule has 0 unspecified atom stereocenters.